The van der Waals surface area contributed by atoms with E-state index in [0.717, 1.165) is 18.4 Å². The van der Waals surface area contributed by atoms with E-state index in [-0.39, 0.29) is 18.5 Å². The summed E-state index contributed by atoms with van der Waals surface area (Å²) in [6.45, 7) is 5.84. The van der Waals surface area contributed by atoms with Crippen LogP contribution in [0.15, 0.2) is 18.3 Å². The monoisotopic (exact) mass is 321 g/mol. The topological polar surface area (TPSA) is 68.7 Å². The Hall–Kier alpha value is -1.62. The average Bonchev–Trinajstić information content (AvgIpc) is 2.43. The van der Waals surface area contributed by atoms with E-state index in [9.17, 15) is 9.90 Å². The van der Waals surface area contributed by atoms with Gasteiger partial charge in [-0.1, -0.05) is 6.07 Å². The fourth-order valence-corrected chi connectivity index (χ4v) is 3.12. The molecular weight excluding hydrogens is 294 g/mol. The predicted molar refractivity (Wildman–Crippen MR) is 87.3 cm³/mol. The lowest BCUT2D eigenvalue weighted by Gasteiger charge is -2.39. The van der Waals surface area contributed by atoms with Gasteiger partial charge in [0.05, 0.1) is 13.5 Å². The summed E-state index contributed by atoms with van der Waals surface area (Å²) < 4.78 is 10.6. The van der Waals surface area contributed by atoms with Gasteiger partial charge in [-0.2, -0.15) is 0 Å². The molecular formula is C18H27NO4. The Morgan fingerprint density at radius 3 is 2.57 bits per heavy atom. The van der Waals surface area contributed by atoms with E-state index in [4.69, 9.17) is 9.47 Å². The number of rotatable bonds is 6. The molecule has 1 aliphatic carbocycles. The second-order valence-corrected chi connectivity index (χ2v) is 7.31. The number of hydrogen-bond acceptors (Lipinski definition) is 5. The van der Waals surface area contributed by atoms with Crippen LogP contribution in [-0.4, -0.2) is 35.4 Å². The molecule has 1 aromatic rings. The average molecular weight is 321 g/mol. The fourth-order valence-electron chi connectivity index (χ4n) is 3.12. The molecule has 1 aromatic heterocycles. The highest BCUT2D eigenvalue weighted by Crippen LogP contribution is 2.45. The van der Waals surface area contributed by atoms with Gasteiger partial charge in [-0.25, -0.2) is 4.98 Å². The Kier molecular flexibility index (Phi) is 5.63. The summed E-state index contributed by atoms with van der Waals surface area (Å²) >= 11 is 0. The van der Waals surface area contributed by atoms with Gasteiger partial charge in [-0.05, 0) is 56.9 Å². The molecule has 0 aromatic carbocycles. The summed E-state index contributed by atoms with van der Waals surface area (Å²) in [6.07, 6.45) is 4.00. The van der Waals surface area contributed by atoms with Crippen LogP contribution in [0, 0.1) is 11.8 Å². The summed E-state index contributed by atoms with van der Waals surface area (Å²) in [6, 6.07) is 3.78. The van der Waals surface area contributed by atoms with Crippen molar-refractivity contribution in [2.45, 2.75) is 51.6 Å². The SMILES string of the molecule is COc1ccc(C(CC(=O)OC(C)(C)C)C2CC(CO)C2)cn1. The number of aromatic nitrogens is 1. The zero-order valence-corrected chi connectivity index (χ0v) is 14.4. The van der Waals surface area contributed by atoms with E-state index >= 15 is 0 Å². The number of carbonyl (C=O) groups is 1. The molecule has 1 fully saturated rings. The normalized spacial score (nSPS) is 22.1. The van der Waals surface area contributed by atoms with Crippen molar-refractivity contribution in [3.05, 3.63) is 23.9 Å². The number of nitrogens with zero attached hydrogens (tertiary/aromatic N) is 1. The van der Waals surface area contributed by atoms with Crippen molar-refractivity contribution < 1.29 is 19.4 Å². The van der Waals surface area contributed by atoms with Crippen LogP contribution < -0.4 is 4.74 Å². The lowest BCUT2D eigenvalue weighted by atomic mass is 9.66. The molecule has 1 aliphatic rings. The first-order chi connectivity index (χ1) is 10.8. The van der Waals surface area contributed by atoms with E-state index in [2.05, 4.69) is 4.98 Å². The third-order valence-electron chi connectivity index (χ3n) is 4.30. The van der Waals surface area contributed by atoms with Gasteiger partial charge in [0.15, 0.2) is 0 Å². The molecule has 5 nitrogen and oxygen atoms in total. The molecule has 1 heterocycles. The molecule has 5 heteroatoms. The van der Waals surface area contributed by atoms with E-state index in [1.54, 1.807) is 13.3 Å². The van der Waals surface area contributed by atoms with Crippen LogP contribution in [0.25, 0.3) is 0 Å². The second kappa shape index (κ2) is 7.30. The molecule has 0 aliphatic heterocycles. The van der Waals surface area contributed by atoms with Crippen LogP contribution in [0.2, 0.25) is 0 Å². The Bertz CT molecular complexity index is 515. The van der Waals surface area contributed by atoms with Gasteiger partial charge in [0.1, 0.15) is 5.60 Å². The molecule has 1 N–H and O–H groups in total. The van der Waals surface area contributed by atoms with Gasteiger partial charge in [0, 0.05) is 18.9 Å². The zero-order chi connectivity index (χ0) is 17.0. The van der Waals surface area contributed by atoms with Crippen molar-refractivity contribution in [3.63, 3.8) is 0 Å². The van der Waals surface area contributed by atoms with Gasteiger partial charge < -0.3 is 14.6 Å². The fraction of sp³-hybridized carbons (Fsp3) is 0.667. The summed E-state index contributed by atoms with van der Waals surface area (Å²) in [7, 11) is 1.58. The van der Waals surface area contributed by atoms with Gasteiger partial charge in [0.2, 0.25) is 5.88 Å². The molecule has 1 unspecified atom stereocenters. The second-order valence-electron chi connectivity index (χ2n) is 7.31. The quantitative estimate of drug-likeness (QED) is 0.816. The first-order valence-electron chi connectivity index (χ1n) is 8.15. The highest BCUT2D eigenvalue weighted by atomic mass is 16.6. The smallest absolute Gasteiger partial charge is 0.306 e. The number of aliphatic hydroxyl groups excluding tert-OH is 1. The molecule has 0 amide bonds. The third kappa shape index (κ3) is 4.93. The molecule has 0 saturated heterocycles. The summed E-state index contributed by atoms with van der Waals surface area (Å²) in [4.78, 5) is 16.5. The van der Waals surface area contributed by atoms with Crippen molar-refractivity contribution in [1.82, 2.24) is 4.98 Å². The standard InChI is InChI=1S/C18H27NO4/c1-18(2,3)23-17(21)9-15(14-7-12(8-14)11-20)13-5-6-16(22-4)19-10-13/h5-6,10,12,14-15,20H,7-9,11H2,1-4H3. The molecule has 23 heavy (non-hydrogen) atoms. The number of aliphatic hydroxyl groups is 1. The van der Waals surface area contributed by atoms with Crippen LogP contribution in [0.1, 0.15) is 51.5 Å². The van der Waals surface area contributed by atoms with Crippen LogP contribution in [0.5, 0.6) is 5.88 Å². The van der Waals surface area contributed by atoms with E-state index in [1.807, 2.05) is 32.9 Å². The number of hydrogen-bond donors (Lipinski definition) is 1. The van der Waals surface area contributed by atoms with Crippen LogP contribution >= 0.6 is 0 Å². The van der Waals surface area contributed by atoms with Crippen molar-refractivity contribution in [2.75, 3.05) is 13.7 Å². The van der Waals surface area contributed by atoms with Gasteiger partial charge >= 0.3 is 5.97 Å². The van der Waals surface area contributed by atoms with Gasteiger partial charge in [0.25, 0.3) is 0 Å². The molecule has 0 bridgehead atoms. The van der Waals surface area contributed by atoms with Crippen LogP contribution in [0.4, 0.5) is 0 Å². The highest BCUT2D eigenvalue weighted by Gasteiger charge is 2.37. The predicted octanol–water partition coefficient (Wildman–Crippen LogP) is 2.92. The minimum Gasteiger partial charge on any atom is -0.481 e. The summed E-state index contributed by atoms with van der Waals surface area (Å²) in [5.74, 6) is 1.19. The van der Waals surface area contributed by atoms with Crippen molar-refractivity contribution in [2.24, 2.45) is 11.8 Å². The van der Waals surface area contributed by atoms with Gasteiger partial charge in [-0.15, -0.1) is 0 Å². The highest BCUT2D eigenvalue weighted by molar-refractivity contribution is 5.71. The van der Waals surface area contributed by atoms with Crippen molar-refractivity contribution >= 4 is 5.97 Å². The Morgan fingerprint density at radius 1 is 1.39 bits per heavy atom. The molecule has 0 radical (unpaired) electrons. The Labute approximate surface area is 138 Å². The maximum absolute atomic E-state index is 12.2. The van der Waals surface area contributed by atoms with Gasteiger partial charge in [-0.3, -0.25) is 4.79 Å². The molecule has 1 saturated carbocycles. The van der Waals surface area contributed by atoms with E-state index in [0.29, 0.717) is 24.1 Å². The molecule has 0 spiro atoms. The van der Waals surface area contributed by atoms with Crippen molar-refractivity contribution in [3.8, 4) is 5.88 Å². The zero-order valence-electron chi connectivity index (χ0n) is 14.4. The number of carbonyl (C=O) groups excluding carboxylic acids is 1. The lowest BCUT2D eigenvalue weighted by molar-refractivity contribution is -0.156. The molecule has 1 atom stereocenters. The summed E-state index contributed by atoms with van der Waals surface area (Å²) in [5.41, 5.74) is 0.547. The van der Waals surface area contributed by atoms with Crippen molar-refractivity contribution in [1.29, 1.82) is 0 Å². The Morgan fingerprint density at radius 2 is 2.09 bits per heavy atom. The summed E-state index contributed by atoms with van der Waals surface area (Å²) in [5, 5.41) is 9.24. The number of esters is 1. The van der Waals surface area contributed by atoms with E-state index in [1.165, 1.54) is 0 Å². The molecule has 2 rings (SSSR count). The van der Waals surface area contributed by atoms with Crippen LogP contribution in [-0.2, 0) is 9.53 Å². The van der Waals surface area contributed by atoms with E-state index < -0.39 is 5.60 Å². The van der Waals surface area contributed by atoms with Crippen LogP contribution in [0.3, 0.4) is 0 Å². The Balaban J connectivity index is 2.10. The first kappa shape index (κ1) is 17.7. The largest absolute Gasteiger partial charge is 0.481 e. The maximum Gasteiger partial charge on any atom is 0.306 e. The maximum atomic E-state index is 12.2. The minimum absolute atomic E-state index is 0.0751. The number of methoxy groups -OCH3 is 1. The third-order valence-corrected chi connectivity index (χ3v) is 4.30. The number of ether oxygens (including phenoxy) is 2. The minimum atomic E-state index is -0.479. The lowest BCUT2D eigenvalue weighted by Crippen LogP contribution is -2.33. The number of pyridine rings is 1. The molecule has 128 valence electrons. The first-order valence-corrected chi connectivity index (χ1v) is 8.15.